The van der Waals surface area contributed by atoms with Crippen molar-refractivity contribution in [2.45, 2.75) is 0 Å². The van der Waals surface area contributed by atoms with Crippen LogP contribution in [0.3, 0.4) is 0 Å². The summed E-state index contributed by atoms with van der Waals surface area (Å²) < 4.78 is 4.87. The van der Waals surface area contributed by atoms with Gasteiger partial charge in [-0.1, -0.05) is 12.7 Å². The van der Waals surface area contributed by atoms with Crippen LogP contribution in [0.5, 0.6) is 0 Å². The molecule has 4 heteroatoms. The fourth-order valence-corrected chi connectivity index (χ4v) is 1.23. The molecule has 0 heterocycles. The van der Waals surface area contributed by atoms with Crippen molar-refractivity contribution >= 4 is 11.9 Å². The molecule has 0 saturated carbocycles. The molecular formula is C13H15NO3. The van der Waals surface area contributed by atoms with Gasteiger partial charge in [-0.25, -0.2) is 4.79 Å². The Hall–Kier alpha value is -2.10. The summed E-state index contributed by atoms with van der Waals surface area (Å²) in [6.45, 7) is 3.63. The minimum Gasteiger partial charge on any atom is -0.458 e. The molecule has 0 aliphatic heterocycles. The number of carbonyl (C=O) groups excluding carboxylic acids is 2. The maximum atomic E-state index is 11.6. The van der Waals surface area contributed by atoms with E-state index in [1.807, 2.05) is 0 Å². The van der Waals surface area contributed by atoms with E-state index in [2.05, 4.69) is 6.58 Å². The summed E-state index contributed by atoms with van der Waals surface area (Å²) in [5.41, 5.74) is 0.956. The Balaban J connectivity index is 2.77. The molecule has 90 valence electrons. The molecule has 4 nitrogen and oxygen atoms in total. The lowest BCUT2D eigenvalue weighted by atomic mass is 10.1. The van der Waals surface area contributed by atoms with Crippen LogP contribution in [0.1, 0.15) is 20.7 Å². The van der Waals surface area contributed by atoms with Gasteiger partial charge in [0, 0.05) is 19.7 Å². The first-order valence-electron chi connectivity index (χ1n) is 5.16. The molecule has 1 aromatic carbocycles. The van der Waals surface area contributed by atoms with Crippen LogP contribution in [0.25, 0.3) is 0 Å². The smallest absolute Gasteiger partial charge is 0.338 e. The molecule has 0 aliphatic carbocycles. The average Bonchev–Trinajstić information content (AvgIpc) is 2.35. The molecule has 0 saturated heterocycles. The molecule has 0 spiro atoms. The molecule has 0 radical (unpaired) electrons. The summed E-state index contributed by atoms with van der Waals surface area (Å²) in [6, 6.07) is 6.35. The second-order valence-corrected chi connectivity index (χ2v) is 3.66. The van der Waals surface area contributed by atoms with Gasteiger partial charge in [0.2, 0.25) is 0 Å². The summed E-state index contributed by atoms with van der Waals surface area (Å²) >= 11 is 0. The van der Waals surface area contributed by atoms with Crippen LogP contribution in [0.2, 0.25) is 0 Å². The summed E-state index contributed by atoms with van der Waals surface area (Å²) in [5, 5.41) is 0. The lowest BCUT2D eigenvalue weighted by molar-refractivity contribution is 0.0549. The zero-order valence-electron chi connectivity index (χ0n) is 9.97. The number of hydrogen-bond acceptors (Lipinski definition) is 3. The van der Waals surface area contributed by atoms with Gasteiger partial charge < -0.3 is 9.64 Å². The normalized spacial score (nSPS) is 9.53. The summed E-state index contributed by atoms with van der Waals surface area (Å²) in [6.07, 6.45) is 1.50. The van der Waals surface area contributed by atoms with Crippen molar-refractivity contribution in [3.63, 3.8) is 0 Å². The predicted octanol–water partition coefficient (Wildman–Crippen LogP) is 1.73. The maximum Gasteiger partial charge on any atom is 0.338 e. The Bertz CT molecular complexity index is 421. The molecule has 0 atom stereocenters. The third-order valence-electron chi connectivity index (χ3n) is 2.11. The SMILES string of the molecule is C=CCOC(=O)c1ccc(C(=O)N(C)C)cc1. The van der Waals surface area contributed by atoms with Crippen LogP contribution in [0.4, 0.5) is 0 Å². The van der Waals surface area contributed by atoms with Gasteiger partial charge >= 0.3 is 5.97 Å². The number of amides is 1. The number of ether oxygens (including phenoxy) is 1. The highest BCUT2D eigenvalue weighted by molar-refractivity contribution is 5.95. The van der Waals surface area contributed by atoms with Gasteiger partial charge in [-0.15, -0.1) is 0 Å². The highest BCUT2D eigenvalue weighted by atomic mass is 16.5. The Morgan fingerprint density at radius 3 is 2.24 bits per heavy atom. The first-order chi connectivity index (χ1) is 8.06. The number of nitrogens with zero attached hydrogens (tertiary/aromatic N) is 1. The van der Waals surface area contributed by atoms with E-state index in [-0.39, 0.29) is 12.5 Å². The molecule has 17 heavy (non-hydrogen) atoms. The standard InChI is InChI=1S/C13H15NO3/c1-4-9-17-13(16)11-7-5-10(6-8-11)12(15)14(2)3/h4-8H,1,9H2,2-3H3. The van der Waals surface area contributed by atoms with E-state index in [1.54, 1.807) is 38.4 Å². The topological polar surface area (TPSA) is 46.6 Å². The van der Waals surface area contributed by atoms with Gasteiger partial charge in [-0.3, -0.25) is 4.79 Å². The molecule has 0 bridgehead atoms. The minimum atomic E-state index is -0.422. The van der Waals surface area contributed by atoms with Crippen molar-refractivity contribution in [1.29, 1.82) is 0 Å². The zero-order valence-corrected chi connectivity index (χ0v) is 9.97. The predicted molar refractivity (Wildman–Crippen MR) is 64.9 cm³/mol. The highest BCUT2D eigenvalue weighted by Gasteiger charge is 2.10. The number of carbonyl (C=O) groups is 2. The molecule has 1 amide bonds. The van der Waals surface area contributed by atoms with Gasteiger partial charge in [0.15, 0.2) is 0 Å². The highest BCUT2D eigenvalue weighted by Crippen LogP contribution is 2.07. The largest absolute Gasteiger partial charge is 0.458 e. The monoisotopic (exact) mass is 233 g/mol. The Kier molecular flexibility index (Phi) is 4.46. The maximum absolute atomic E-state index is 11.6. The number of hydrogen-bond donors (Lipinski definition) is 0. The van der Waals surface area contributed by atoms with Crippen molar-refractivity contribution in [3.05, 3.63) is 48.0 Å². The van der Waals surface area contributed by atoms with Crippen LogP contribution in [-0.4, -0.2) is 37.5 Å². The van der Waals surface area contributed by atoms with Gasteiger partial charge in [-0.2, -0.15) is 0 Å². The zero-order chi connectivity index (χ0) is 12.8. The van der Waals surface area contributed by atoms with Gasteiger partial charge in [0.1, 0.15) is 6.61 Å². The molecule has 0 aliphatic rings. The van der Waals surface area contributed by atoms with E-state index < -0.39 is 5.97 Å². The molecule has 0 aromatic heterocycles. The molecule has 1 rings (SSSR count). The lowest BCUT2D eigenvalue weighted by Gasteiger charge is -2.10. The van der Waals surface area contributed by atoms with E-state index in [1.165, 1.54) is 11.0 Å². The first-order valence-corrected chi connectivity index (χ1v) is 5.16. The van der Waals surface area contributed by atoms with E-state index in [0.717, 1.165) is 0 Å². The van der Waals surface area contributed by atoms with Crippen LogP contribution in [-0.2, 0) is 4.74 Å². The Labute approximate surface area is 100 Å². The summed E-state index contributed by atoms with van der Waals surface area (Å²) in [7, 11) is 3.35. The third kappa shape index (κ3) is 3.45. The van der Waals surface area contributed by atoms with Crippen molar-refractivity contribution in [2.24, 2.45) is 0 Å². The van der Waals surface area contributed by atoms with E-state index in [0.29, 0.717) is 11.1 Å². The van der Waals surface area contributed by atoms with Crippen LogP contribution in [0.15, 0.2) is 36.9 Å². The second kappa shape index (κ2) is 5.84. The van der Waals surface area contributed by atoms with Crippen LogP contribution < -0.4 is 0 Å². The minimum absolute atomic E-state index is 0.101. The van der Waals surface area contributed by atoms with Crippen LogP contribution >= 0.6 is 0 Å². The second-order valence-electron chi connectivity index (χ2n) is 3.66. The van der Waals surface area contributed by atoms with E-state index in [4.69, 9.17) is 4.74 Å². The summed E-state index contributed by atoms with van der Waals surface area (Å²) in [4.78, 5) is 24.5. The Morgan fingerprint density at radius 2 is 1.76 bits per heavy atom. The van der Waals surface area contributed by atoms with Gasteiger partial charge in [0.05, 0.1) is 5.56 Å². The Morgan fingerprint density at radius 1 is 1.24 bits per heavy atom. The third-order valence-corrected chi connectivity index (χ3v) is 2.11. The van der Waals surface area contributed by atoms with Gasteiger partial charge in [0.25, 0.3) is 5.91 Å². The van der Waals surface area contributed by atoms with Crippen LogP contribution in [0, 0.1) is 0 Å². The van der Waals surface area contributed by atoms with E-state index >= 15 is 0 Å². The van der Waals surface area contributed by atoms with Gasteiger partial charge in [-0.05, 0) is 24.3 Å². The van der Waals surface area contributed by atoms with Crippen molar-refractivity contribution in [2.75, 3.05) is 20.7 Å². The number of esters is 1. The molecular weight excluding hydrogens is 218 g/mol. The first kappa shape index (κ1) is 13.0. The molecule has 1 aromatic rings. The number of rotatable bonds is 4. The number of benzene rings is 1. The summed E-state index contributed by atoms with van der Waals surface area (Å²) in [5.74, 6) is -0.523. The van der Waals surface area contributed by atoms with Crippen molar-refractivity contribution in [3.8, 4) is 0 Å². The van der Waals surface area contributed by atoms with Crippen molar-refractivity contribution < 1.29 is 14.3 Å². The average molecular weight is 233 g/mol. The molecule has 0 unspecified atom stereocenters. The quantitative estimate of drug-likeness (QED) is 0.587. The fraction of sp³-hybridized carbons (Fsp3) is 0.231. The molecule has 0 N–H and O–H groups in total. The fourth-order valence-electron chi connectivity index (χ4n) is 1.23. The van der Waals surface area contributed by atoms with Crippen molar-refractivity contribution in [1.82, 2.24) is 4.90 Å². The molecule has 0 fully saturated rings. The lowest BCUT2D eigenvalue weighted by Crippen LogP contribution is -2.21. The van der Waals surface area contributed by atoms with E-state index in [9.17, 15) is 9.59 Å².